The summed E-state index contributed by atoms with van der Waals surface area (Å²) in [6, 6.07) is 9.72. The molecule has 0 spiro atoms. The second-order valence-electron chi connectivity index (χ2n) is 4.80. The Morgan fingerprint density at radius 1 is 1.35 bits per heavy atom. The van der Waals surface area contributed by atoms with Gasteiger partial charge in [-0.15, -0.1) is 0 Å². The third-order valence-corrected chi connectivity index (χ3v) is 3.74. The van der Waals surface area contributed by atoms with Crippen molar-refractivity contribution in [1.29, 1.82) is 0 Å². The molecule has 106 valence electrons. The Morgan fingerprint density at radius 2 is 2.10 bits per heavy atom. The van der Waals surface area contributed by atoms with Crippen LogP contribution >= 0.6 is 11.3 Å². The van der Waals surface area contributed by atoms with Crippen LogP contribution in [-0.2, 0) is 13.1 Å². The van der Waals surface area contributed by atoms with Crippen molar-refractivity contribution in [2.75, 3.05) is 19.4 Å². The molecule has 0 atom stereocenters. The van der Waals surface area contributed by atoms with Crippen LogP contribution in [0.15, 0.2) is 35.7 Å². The van der Waals surface area contributed by atoms with Crippen LogP contribution in [0.5, 0.6) is 0 Å². The zero-order valence-electron chi connectivity index (χ0n) is 11.5. The third-order valence-electron chi connectivity index (χ3n) is 2.81. The standard InChI is InChI=1S/C14H17N3O2S/c1-16(2)9-12-5-3-4-6-13(12)15-8-11-7-14(17(18)19)20-10-11/h3-7,10,15H,8-9H2,1-2H3. The molecular weight excluding hydrogens is 274 g/mol. The Bertz CT molecular complexity index is 596. The number of nitrogens with zero attached hydrogens (tertiary/aromatic N) is 2. The van der Waals surface area contributed by atoms with Crippen molar-refractivity contribution < 1.29 is 4.92 Å². The van der Waals surface area contributed by atoms with E-state index in [1.54, 1.807) is 6.07 Å². The van der Waals surface area contributed by atoms with E-state index in [2.05, 4.69) is 16.3 Å². The van der Waals surface area contributed by atoms with Crippen LogP contribution in [0, 0.1) is 10.1 Å². The van der Waals surface area contributed by atoms with Crippen LogP contribution in [0.25, 0.3) is 0 Å². The van der Waals surface area contributed by atoms with Crippen LogP contribution < -0.4 is 5.32 Å². The number of para-hydroxylation sites is 1. The molecule has 6 heteroatoms. The monoisotopic (exact) mass is 291 g/mol. The topological polar surface area (TPSA) is 58.4 Å². The van der Waals surface area contributed by atoms with Crippen molar-refractivity contribution in [3.8, 4) is 0 Å². The quantitative estimate of drug-likeness (QED) is 0.655. The summed E-state index contributed by atoms with van der Waals surface area (Å²) in [6.45, 7) is 1.45. The Balaban J connectivity index is 2.04. The summed E-state index contributed by atoms with van der Waals surface area (Å²) in [7, 11) is 4.05. The number of thiophene rings is 1. The molecule has 1 aromatic heterocycles. The van der Waals surface area contributed by atoms with Crippen molar-refractivity contribution in [3.05, 3.63) is 57.0 Å². The van der Waals surface area contributed by atoms with Gasteiger partial charge in [0.25, 0.3) is 0 Å². The maximum atomic E-state index is 10.7. The van der Waals surface area contributed by atoms with E-state index in [-0.39, 0.29) is 9.92 Å². The first-order chi connectivity index (χ1) is 9.56. The van der Waals surface area contributed by atoms with E-state index in [4.69, 9.17) is 0 Å². The summed E-state index contributed by atoms with van der Waals surface area (Å²) < 4.78 is 0. The summed E-state index contributed by atoms with van der Waals surface area (Å²) in [5, 5.41) is 16.0. The fraction of sp³-hybridized carbons (Fsp3) is 0.286. The molecule has 1 aromatic carbocycles. The Morgan fingerprint density at radius 3 is 2.75 bits per heavy atom. The number of nitrogens with one attached hydrogen (secondary N) is 1. The Hall–Kier alpha value is -1.92. The van der Waals surface area contributed by atoms with E-state index in [0.29, 0.717) is 6.54 Å². The highest BCUT2D eigenvalue weighted by Gasteiger charge is 2.10. The lowest BCUT2D eigenvalue weighted by molar-refractivity contribution is -0.380. The SMILES string of the molecule is CN(C)Cc1ccccc1NCc1csc([N+](=O)[O-])c1. The minimum absolute atomic E-state index is 0.184. The van der Waals surface area contributed by atoms with E-state index in [9.17, 15) is 10.1 Å². The molecule has 0 aliphatic rings. The van der Waals surface area contributed by atoms with Crippen LogP contribution in [0.3, 0.4) is 0 Å². The van der Waals surface area contributed by atoms with Crippen LogP contribution in [0.4, 0.5) is 10.7 Å². The fourth-order valence-corrected chi connectivity index (χ4v) is 2.65. The van der Waals surface area contributed by atoms with Gasteiger partial charge in [-0.25, -0.2) is 0 Å². The molecule has 0 saturated carbocycles. The smallest absolute Gasteiger partial charge is 0.324 e. The summed E-state index contributed by atoms with van der Waals surface area (Å²) in [6.07, 6.45) is 0. The number of benzene rings is 1. The van der Waals surface area contributed by atoms with Crippen molar-refractivity contribution >= 4 is 22.0 Å². The van der Waals surface area contributed by atoms with E-state index in [1.807, 2.05) is 37.7 Å². The maximum Gasteiger partial charge on any atom is 0.324 e. The van der Waals surface area contributed by atoms with Gasteiger partial charge in [-0.3, -0.25) is 10.1 Å². The second-order valence-corrected chi connectivity index (χ2v) is 5.69. The summed E-state index contributed by atoms with van der Waals surface area (Å²) in [5.74, 6) is 0. The number of anilines is 1. The molecule has 2 rings (SSSR count). The number of nitro groups is 1. The van der Waals surface area contributed by atoms with Gasteiger partial charge in [0, 0.05) is 30.2 Å². The molecule has 5 nitrogen and oxygen atoms in total. The molecule has 0 radical (unpaired) electrons. The normalized spacial score (nSPS) is 10.8. The fourth-order valence-electron chi connectivity index (χ4n) is 1.92. The lowest BCUT2D eigenvalue weighted by Crippen LogP contribution is -2.12. The van der Waals surface area contributed by atoms with Gasteiger partial charge in [0.2, 0.25) is 0 Å². The minimum Gasteiger partial charge on any atom is -0.381 e. The molecule has 0 aliphatic heterocycles. The molecule has 0 unspecified atom stereocenters. The predicted octanol–water partition coefficient (Wildman–Crippen LogP) is 3.33. The van der Waals surface area contributed by atoms with Gasteiger partial charge in [0.15, 0.2) is 0 Å². The maximum absolute atomic E-state index is 10.7. The summed E-state index contributed by atoms with van der Waals surface area (Å²) in [5.41, 5.74) is 3.21. The van der Waals surface area contributed by atoms with Crippen LogP contribution in [0.2, 0.25) is 0 Å². The van der Waals surface area contributed by atoms with Gasteiger partial charge in [0.05, 0.1) is 4.92 Å². The highest BCUT2D eigenvalue weighted by molar-refractivity contribution is 7.13. The summed E-state index contributed by atoms with van der Waals surface area (Å²) in [4.78, 5) is 12.4. The van der Waals surface area contributed by atoms with Gasteiger partial charge in [0.1, 0.15) is 0 Å². The number of hydrogen-bond acceptors (Lipinski definition) is 5. The average Bonchev–Trinajstić information content (AvgIpc) is 2.86. The number of rotatable bonds is 6. The first-order valence-corrected chi connectivity index (χ1v) is 7.12. The minimum atomic E-state index is -0.353. The van der Waals surface area contributed by atoms with Gasteiger partial charge >= 0.3 is 5.00 Å². The third kappa shape index (κ3) is 3.79. The first-order valence-electron chi connectivity index (χ1n) is 6.24. The van der Waals surface area contributed by atoms with Gasteiger partial charge in [-0.1, -0.05) is 29.5 Å². The lowest BCUT2D eigenvalue weighted by atomic mass is 10.1. The van der Waals surface area contributed by atoms with Crippen LogP contribution in [0.1, 0.15) is 11.1 Å². The van der Waals surface area contributed by atoms with Crippen molar-refractivity contribution in [2.45, 2.75) is 13.1 Å². The van der Waals surface area contributed by atoms with E-state index in [0.717, 1.165) is 29.1 Å². The Labute approximate surface area is 122 Å². The second kappa shape index (κ2) is 6.49. The predicted molar refractivity (Wildman–Crippen MR) is 82.1 cm³/mol. The van der Waals surface area contributed by atoms with E-state index in [1.165, 1.54) is 5.56 Å². The molecule has 2 aromatic rings. The molecule has 1 N–H and O–H groups in total. The first kappa shape index (κ1) is 14.5. The van der Waals surface area contributed by atoms with E-state index >= 15 is 0 Å². The molecular formula is C14H17N3O2S. The summed E-state index contributed by atoms with van der Waals surface area (Å²) >= 11 is 1.16. The molecule has 0 bridgehead atoms. The molecule has 0 saturated heterocycles. The van der Waals surface area contributed by atoms with Crippen LogP contribution in [-0.4, -0.2) is 23.9 Å². The Kier molecular flexibility index (Phi) is 4.70. The van der Waals surface area contributed by atoms with Gasteiger partial charge < -0.3 is 10.2 Å². The van der Waals surface area contributed by atoms with Gasteiger partial charge in [-0.2, -0.15) is 0 Å². The molecule has 0 fully saturated rings. The van der Waals surface area contributed by atoms with Crippen molar-refractivity contribution in [2.24, 2.45) is 0 Å². The zero-order valence-corrected chi connectivity index (χ0v) is 12.3. The zero-order chi connectivity index (χ0) is 14.5. The number of hydrogen-bond donors (Lipinski definition) is 1. The highest BCUT2D eigenvalue weighted by Crippen LogP contribution is 2.24. The molecule has 20 heavy (non-hydrogen) atoms. The molecule has 1 heterocycles. The average molecular weight is 291 g/mol. The van der Waals surface area contributed by atoms with Crippen molar-refractivity contribution in [1.82, 2.24) is 4.90 Å². The van der Waals surface area contributed by atoms with E-state index < -0.39 is 0 Å². The molecule has 0 aliphatic carbocycles. The lowest BCUT2D eigenvalue weighted by Gasteiger charge is -2.15. The molecule has 0 amide bonds. The largest absolute Gasteiger partial charge is 0.381 e. The van der Waals surface area contributed by atoms with Gasteiger partial charge in [-0.05, 0) is 31.3 Å². The highest BCUT2D eigenvalue weighted by atomic mass is 32.1. The van der Waals surface area contributed by atoms with Crippen molar-refractivity contribution in [3.63, 3.8) is 0 Å².